The summed E-state index contributed by atoms with van der Waals surface area (Å²) in [6.07, 6.45) is 4.53. The second-order valence-electron chi connectivity index (χ2n) is 5.69. The van der Waals surface area contributed by atoms with Gasteiger partial charge in [0.2, 0.25) is 0 Å². The van der Waals surface area contributed by atoms with E-state index in [4.69, 9.17) is 0 Å². The van der Waals surface area contributed by atoms with Crippen LogP contribution in [-0.2, 0) is 5.75 Å². The maximum atomic E-state index is 9.44. The average Bonchev–Trinajstić information content (AvgIpc) is 2.89. The van der Waals surface area contributed by atoms with E-state index in [1.807, 2.05) is 18.8 Å². The summed E-state index contributed by atoms with van der Waals surface area (Å²) in [5.41, 5.74) is 2.55. The summed E-state index contributed by atoms with van der Waals surface area (Å²) in [6, 6.07) is 11.1. The molecule has 1 N–H and O–H groups in total. The van der Waals surface area contributed by atoms with Gasteiger partial charge in [-0.15, -0.1) is 0 Å². The number of thioether (sulfide) groups is 1. The molecular weight excluding hydrogens is 264 g/mol. The van der Waals surface area contributed by atoms with Crippen LogP contribution in [0.15, 0.2) is 24.3 Å². The van der Waals surface area contributed by atoms with Gasteiger partial charge in [0.05, 0.1) is 6.07 Å². The monoisotopic (exact) mass is 288 g/mol. The molecule has 1 saturated carbocycles. The summed E-state index contributed by atoms with van der Waals surface area (Å²) in [7, 11) is 1.93. The minimum Gasteiger partial charge on any atom is -0.302 e. The Bertz CT molecular complexity index is 480. The topological polar surface area (TPSA) is 35.8 Å². The molecule has 0 aromatic heterocycles. The molecule has 1 fully saturated rings. The van der Waals surface area contributed by atoms with E-state index in [1.54, 1.807) is 0 Å². The van der Waals surface area contributed by atoms with E-state index in [0.717, 1.165) is 24.3 Å². The highest BCUT2D eigenvalue weighted by Crippen LogP contribution is 2.38. The number of nitrogens with one attached hydrogen (secondary N) is 1. The van der Waals surface area contributed by atoms with Crippen LogP contribution in [0.25, 0.3) is 0 Å². The molecule has 1 aromatic carbocycles. The predicted octanol–water partition coefficient (Wildman–Crippen LogP) is 3.90. The second kappa shape index (κ2) is 7.15. The van der Waals surface area contributed by atoms with E-state index in [0.29, 0.717) is 5.92 Å². The summed E-state index contributed by atoms with van der Waals surface area (Å²) in [5.74, 6) is 2.74. The zero-order chi connectivity index (χ0) is 14.4. The molecule has 0 amide bonds. The maximum absolute atomic E-state index is 9.44. The van der Waals surface area contributed by atoms with Crippen LogP contribution in [0.2, 0.25) is 0 Å². The van der Waals surface area contributed by atoms with Crippen LogP contribution in [0.5, 0.6) is 0 Å². The summed E-state index contributed by atoms with van der Waals surface area (Å²) >= 11 is 1.99. The van der Waals surface area contributed by atoms with E-state index in [9.17, 15) is 5.26 Å². The van der Waals surface area contributed by atoms with Gasteiger partial charge in [0.15, 0.2) is 0 Å². The van der Waals surface area contributed by atoms with Crippen LogP contribution in [0.3, 0.4) is 0 Å². The van der Waals surface area contributed by atoms with Crippen LogP contribution >= 0.6 is 11.8 Å². The molecule has 3 heteroatoms. The Labute approximate surface area is 127 Å². The van der Waals surface area contributed by atoms with Crippen molar-refractivity contribution in [1.29, 1.82) is 5.26 Å². The molecule has 0 saturated heterocycles. The van der Waals surface area contributed by atoms with Crippen molar-refractivity contribution in [3.05, 3.63) is 35.4 Å². The number of rotatable bonds is 6. The highest BCUT2D eigenvalue weighted by Gasteiger charge is 2.41. The first kappa shape index (κ1) is 15.4. The fourth-order valence-corrected chi connectivity index (χ4v) is 4.32. The first-order chi connectivity index (χ1) is 9.72. The highest BCUT2D eigenvalue weighted by atomic mass is 32.2. The van der Waals surface area contributed by atoms with Crippen LogP contribution in [-0.4, -0.2) is 18.3 Å². The van der Waals surface area contributed by atoms with E-state index in [-0.39, 0.29) is 5.54 Å². The Morgan fingerprint density at radius 1 is 1.45 bits per heavy atom. The average molecular weight is 288 g/mol. The van der Waals surface area contributed by atoms with Gasteiger partial charge in [-0.05, 0) is 56.0 Å². The number of nitriles is 1. The van der Waals surface area contributed by atoms with Gasteiger partial charge in [-0.1, -0.05) is 30.7 Å². The summed E-state index contributed by atoms with van der Waals surface area (Å²) in [6.45, 7) is 2.18. The third-order valence-electron chi connectivity index (χ3n) is 4.60. The lowest BCUT2D eigenvalue weighted by Gasteiger charge is -2.28. The molecule has 0 spiro atoms. The highest BCUT2D eigenvalue weighted by molar-refractivity contribution is 7.98. The fraction of sp³-hybridized carbons (Fsp3) is 0.588. The molecule has 0 radical (unpaired) electrons. The first-order valence-electron chi connectivity index (χ1n) is 7.44. The van der Waals surface area contributed by atoms with Gasteiger partial charge >= 0.3 is 0 Å². The quantitative estimate of drug-likeness (QED) is 0.806. The molecule has 1 aliphatic rings. The van der Waals surface area contributed by atoms with E-state index < -0.39 is 0 Å². The standard InChI is InChI=1S/C17H24N2S/c1-14-6-3-4-7-15(14)12-20-11-9-16-8-5-10-17(16,13-18)19-2/h3-4,6-7,16,19H,5,8-12H2,1-2H3. The van der Waals surface area contributed by atoms with Crippen molar-refractivity contribution in [3.63, 3.8) is 0 Å². The number of hydrogen-bond donors (Lipinski definition) is 1. The molecular formula is C17H24N2S. The summed E-state index contributed by atoms with van der Waals surface area (Å²) in [5, 5.41) is 12.7. The Balaban J connectivity index is 1.79. The molecule has 2 atom stereocenters. The van der Waals surface area contributed by atoms with Gasteiger partial charge in [0.1, 0.15) is 5.54 Å². The predicted molar refractivity (Wildman–Crippen MR) is 86.7 cm³/mol. The molecule has 2 rings (SSSR count). The van der Waals surface area contributed by atoms with E-state index >= 15 is 0 Å². The Kier molecular flexibility index (Phi) is 5.51. The van der Waals surface area contributed by atoms with Crippen molar-refractivity contribution in [3.8, 4) is 6.07 Å². The molecule has 1 aromatic rings. The Morgan fingerprint density at radius 3 is 2.95 bits per heavy atom. The van der Waals surface area contributed by atoms with Gasteiger partial charge in [-0.25, -0.2) is 0 Å². The lowest BCUT2D eigenvalue weighted by molar-refractivity contribution is 0.332. The van der Waals surface area contributed by atoms with Crippen molar-refractivity contribution in [2.24, 2.45) is 5.92 Å². The van der Waals surface area contributed by atoms with Crippen molar-refractivity contribution >= 4 is 11.8 Å². The largest absolute Gasteiger partial charge is 0.302 e. The Morgan fingerprint density at radius 2 is 2.25 bits per heavy atom. The number of hydrogen-bond acceptors (Lipinski definition) is 3. The number of aryl methyl sites for hydroxylation is 1. The minimum atomic E-state index is -0.261. The van der Waals surface area contributed by atoms with Crippen LogP contribution in [0, 0.1) is 24.2 Å². The second-order valence-corrected chi connectivity index (χ2v) is 6.80. The van der Waals surface area contributed by atoms with Crippen LogP contribution in [0.1, 0.15) is 36.8 Å². The van der Waals surface area contributed by atoms with E-state index in [2.05, 4.69) is 42.6 Å². The van der Waals surface area contributed by atoms with Gasteiger partial charge in [0.25, 0.3) is 0 Å². The molecule has 1 aliphatic carbocycles. The van der Waals surface area contributed by atoms with Crippen molar-refractivity contribution < 1.29 is 0 Å². The smallest absolute Gasteiger partial charge is 0.109 e. The third-order valence-corrected chi connectivity index (χ3v) is 5.64. The maximum Gasteiger partial charge on any atom is 0.109 e. The summed E-state index contributed by atoms with van der Waals surface area (Å²) < 4.78 is 0. The zero-order valence-electron chi connectivity index (χ0n) is 12.5. The van der Waals surface area contributed by atoms with Crippen molar-refractivity contribution in [2.75, 3.05) is 12.8 Å². The minimum absolute atomic E-state index is 0.261. The third kappa shape index (κ3) is 3.37. The lowest BCUT2D eigenvalue weighted by atomic mass is 9.87. The molecule has 2 nitrogen and oxygen atoms in total. The zero-order valence-corrected chi connectivity index (χ0v) is 13.3. The first-order valence-corrected chi connectivity index (χ1v) is 8.60. The van der Waals surface area contributed by atoms with E-state index in [1.165, 1.54) is 24.0 Å². The van der Waals surface area contributed by atoms with Gasteiger partial charge in [0, 0.05) is 5.75 Å². The van der Waals surface area contributed by atoms with Gasteiger partial charge in [-0.3, -0.25) is 0 Å². The molecule has 0 heterocycles. The van der Waals surface area contributed by atoms with Crippen LogP contribution < -0.4 is 5.32 Å². The normalized spacial score (nSPS) is 25.6. The van der Waals surface area contributed by atoms with Crippen molar-refractivity contribution in [2.45, 2.75) is 43.9 Å². The van der Waals surface area contributed by atoms with Crippen molar-refractivity contribution in [1.82, 2.24) is 5.32 Å². The number of nitrogens with zero attached hydrogens (tertiary/aromatic N) is 1. The SMILES string of the molecule is CNC1(C#N)CCCC1CCSCc1ccccc1C. The number of benzene rings is 1. The van der Waals surface area contributed by atoms with Gasteiger partial charge in [-0.2, -0.15) is 17.0 Å². The Hall–Kier alpha value is -0.980. The van der Waals surface area contributed by atoms with Gasteiger partial charge < -0.3 is 5.32 Å². The fourth-order valence-electron chi connectivity index (χ4n) is 3.18. The van der Waals surface area contributed by atoms with Crippen LogP contribution in [0.4, 0.5) is 0 Å². The summed E-state index contributed by atoms with van der Waals surface area (Å²) in [4.78, 5) is 0. The lowest BCUT2D eigenvalue weighted by Crippen LogP contribution is -2.44. The molecule has 20 heavy (non-hydrogen) atoms. The molecule has 2 unspecified atom stereocenters. The molecule has 0 bridgehead atoms. The molecule has 0 aliphatic heterocycles. The molecule has 108 valence electrons.